The summed E-state index contributed by atoms with van der Waals surface area (Å²) in [6, 6.07) is 2.94. The van der Waals surface area contributed by atoms with Gasteiger partial charge in [0.1, 0.15) is 6.61 Å². The van der Waals surface area contributed by atoms with E-state index in [-0.39, 0.29) is 13.2 Å². The van der Waals surface area contributed by atoms with Crippen LogP contribution in [-0.4, -0.2) is 64.5 Å². The van der Waals surface area contributed by atoms with Crippen molar-refractivity contribution < 1.29 is 19.7 Å². The van der Waals surface area contributed by atoms with Gasteiger partial charge in [-0.2, -0.15) is 0 Å². The summed E-state index contributed by atoms with van der Waals surface area (Å²) in [6.07, 6.45) is 13.6. The highest BCUT2D eigenvalue weighted by molar-refractivity contribution is 5.88. The molecule has 6 heteroatoms. The number of hydrogen-bond donors (Lipinski definition) is 2. The molecule has 0 radical (unpaired) electrons. The second-order valence-electron chi connectivity index (χ2n) is 11.3. The van der Waals surface area contributed by atoms with Crippen LogP contribution in [0.15, 0.2) is 24.5 Å². The number of carbonyl (C=O) groups is 1. The number of nitrogens with zero attached hydrogens (tertiary/aromatic N) is 2. The second kappa shape index (κ2) is 17.0. The van der Waals surface area contributed by atoms with E-state index in [2.05, 4.69) is 32.7 Å². The van der Waals surface area contributed by atoms with Crippen LogP contribution in [0.25, 0.3) is 0 Å². The molecule has 0 aromatic carbocycles. The lowest BCUT2D eigenvalue weighted by Gasteiger charge is -2.38. The van der Waals surface area contributed by atoms with Gasteiger partial charge in [0, 0.05) is 18.9 Å². The van der Waals surface area contributed by atoms with E-state index >= 15 is 0 Å². The molecule has 4 unspecified atom stereocenters. The third-order valence-corrected chi connectivity index (χ3v) is 7.25. The fourth-order valence-corrected chi connectivity index (χ4v) is 4.77. The number of ether oxygens (including phenoxy) is 1. The Morgan fingerprint density at radius 2 is 1.66 bits per heavy atom. The average Bonchev–Trinajstić information content (AvgIpc) is 2.79. The molecule has 0 fully saturated rings. The average molecular weight is 493 g/mol. The van der Waals surface area contributed by atoms with E-state index in [0.717, 1.165) is 24.7 Å². The van der Waals surface area contributed by atoms with E-state index in [1.807, 2.05) is 11.9 Å². The first kappa shape index (κ1) is 31.5. The van der Waals surface area contributed by atoms with E-state index in [1.165, 1.54) is 44.7 Å². The van der Waals surface area contributed by atoms with Gasteiger partial charge in [-0.25, -0.2) is 4.79 Å². The van der Waals surface area contributed by atoms with Crippen molar-refractivity contribution in [2.45, 2.75) is 104 Å². The minimum absolute atomic E-state index is 0.149. The second-order valence-corrected chi connectivity index (χ2v) is 11.3. The van der Waals surface area contributed by atoms with Crippen molar-refractivity contribution >= 4 is 5.97 Å². The first-order valence-electron chi connectivity index (χ1n) is 13.7. The first-order valence-corrected chi connectivity index (χ1v) is 13.7. The molecule has 1 aromatic heterocycles. The Labute approximate surface area is 214 Å². The third kappa shape index (κ3) is 13.4. The van der Waals surface area contributed by atoms with Crippen LogP contribution in [0.1, 0.15) is 103 Å². The lowest BCUT2D eigenvalue weighted by molar-refractivity contribution is -0.0578. The monoisotopic (exact) mass is 492 g/mol. The zero-order chi connectivity index (χ0) is 26.3. The maximum Gasteiger partial charge on any atom is 0.339 e. The number of esters is 1. The van der Waals surface area contributed by atoms with Crippen molar-refractivity contribution in [1.82, 2.24) is 9.88 Å². The van der Waals surface area contributed by atoms with Gasteiger partial charge in [-0.3, -0.25) is 9.88 Å². The largest absolute Gasteiger partial charge is 0.461 e. The summed E-state index contributed by atoms with van der Waals surface area (Å²) in [7, 11) is 1.85. The predicted molar refractivity (Wildman–Crippen MR) is 143 cm³/mol. The van der Waals surface area contributed by atoms with Gasteiger partial charge in [-0.1, -0.05) is 79.1 Å². The highest BCUT2D eigenvalue weighted by atomic mass is 16.5. The minimum Gasteiger partial charge on any atom is -0.461 e. The Balaban J connectivity index is 2.30. The number of rotatable bonds is 19. The number of carbonyl (C=O) groups excluding carboxylic acids is 1. The molecule has 6 nitrogen and oxygen atoms in total. The van der Waals surface area contributed by atoms with Gasteiger partial charge < -0.3 is 14.9 Å². The number of likely N-dealkylation sites (N-methyl/N-ethyl adjacent to an activating group) is 1. The van der Waals surface area contributed by atoms with E-state index < -0.39 is 17.6 Å². The van der Waals surface area contributed by atoms with Crippen LogP contribution >= 0.6 is 0 Å². The number of pyridine rings is 1. The molecule has 1 aromatic rings. The van der Waals surface area contributed by atoms with Crippen molar-refractivity contribution in [3.63, 3.8) is 0 Å². The molecule has 0 amide bonds. The summed E-state index contributed by atoms with van der Waals surface area (Å²) in [5.74, 6) is 1.84. The van der Waals surface area contributed by atoms with Gasteiger partial charge in [-0.05, 0) is 50.3 Å². The molecule has 202 valence electrons. The molecule has 4 atom stereocenters. The van der Waals surface area contributed by atoms with Crippen molar-refractivity contribution in [3.8, 4) is 0 Å². The molecule has 0 aliphatic rings. The Morgan fingerprint density at radius 1 is 1.06 bits per heavy atom. The van der Waals surface area contributed by atoms with E-state index in [0.29, 0.717) is 24.4 Å². The highest BCUT2D eigenvalue weighted by Crippen LogP contribution is 2.26. The van der Waals surface area contributed by atoms with Crippen LogP contribution in [-0.2, 0) is 4.74 Å². The van der Waals surface area contributed by atoms with Gasteiger partial charge in [0.25, 0.3) is 0 Å². The third-order valence-electron chi connectivity index (χ3n) is 7.25. The number of aromatic nitrogens is 1. The molecular weight excluding hydrogens is 440 g/mol. The zero-order valence-electron chi connectivity index (χ0n) is 23.2. The SMILES string of the molecule is CC(C)CCCC(C)CCCC(C)CCCC(C)(O)C(CO)N(C)CCOC(=O)c1cccnc1. The summed E-state index contributed by atoms with van der Waals surface area (Å²) in [5, 5.41) is 21.1. The lowest BCUT2D eigenvalue weighted by Crippen LogP contribution is -2.52. The number of hydrogen-bond acceptors (Lipinski definition) is 6. The Morgan fingerprint density at radius 3 is 2.20 bits per heavy atom. The van der Waals surface area contributed by atoms with Gasteiger partial charge in [0.2, 0.25) is 0 Å². The van der Waals surface area contributed by atoms with Crippen molar-refractivity contribution in [2.24, 2.45) is 17.8 Å². The van der Waals surface area contributed by atoms with Crippen molar-refractivity contribution in [3.05, 3.63) is 30.1 Å². The molecule has 1 rings (SSSR count). The maximum atomic E-state index is 12.1. The molecule has 1 heterocycles. The molecule has 0 aliphatic carbocycles. The van der Waals surface area contributed by atoms with Crippen molar-refractivity contribution in [1.29, 1.82) is 0 Å². The predicted octanol–water partition coefficient (Wildman–Crippen LogP) is 5.72. The molecule has 0 saturated carbocycles. The van der Waals surface area contributed by atoms with Crippen LogP contribution in [0.5, 0.6) is 0 Å². The normalized spacial score (nSPS) is 16.2. The topological polar surface area (TPSA) is 82.9 Å². The van der Waals surface area contributed by atoms with Gasteiger partial charge in [-0.15, -0.1) is 0 Å². The summed E-state index contributed by atoms with van der Waals surface area (Å²) in [4.78, 5) is 17.9. The van der Waals surface area contributed by atoms with Crippen LogP contribution < -0.4 is 0 Å². The zero-order valence-corrected chi connectivity index (χ0v) is 23.2. The van der Waals surface area contributed by atoms with Crippen LogP contribution in [0.2, 0.25) is 0 Å². The van der Waals surface area contributed by atoms with Crippen LogP contribution in [0.4, 0.5) is 0 Å². The summed E-state index contributed by atoms with van der Waals surface area (Å²) in [5.41, 5.74) is -0.600. The number of aliphatic hydroxyl groups is 2. The molecular formula is C29H52N2O4. The molecule has 2 N–H and O–H groups in total. The van der Waals surface area contributed by atoms with Crippen LogP contribution in [0, 0.1) is 17.8 Å². The fraction of sp³-hybridized carbons (Fsp3) is 0.793. The molecule has 0 spiro atoms. The standard InChI is InChI=1S/C29H52N2O4/c1-23(2)11-7-12-24(3)13-8-14-25(4)15-9-17-29(5,34)27(22-32)31(6)19-20-35-28(33)26-16-10-18-30-21-26/h10,16,18,21,23-25,27,32,34H,7-9,11-15,17,19-20,22H2,1-6H3. The van der Waals surface area contributed by atoms with Gasteiger partial charge in [0.15, 0.2) is 0 Å². The Hall–Kier alpha value is -1.50. The highest BCUT2D eigenvalue weighted by Gasteiger charge is 2.34. The molecule has 0 bridgehead atoms. The van der Waals surface area contributed by atoms with E-state index in [9.17, 15) is 15.0 Å². The molecule has 0 aliphatic heterocycles. The maximum absolute atomic E-state index is 12.1. The van der Waals surface area contributed by atoms with E-state index in [4.69, 9.17) is 4.74 Å². The quantitative estimate of drug-likeness (QED) is 0.240. The fourth-order valence-electron chi connectivity index (χ4n) is 4.77. The molecule has 0 saturated heterocycles. The van der Waals surface area contributed by atoms with Crippen molar-refractivity contribution in [2.75, 3.05) is 26.8 Å². The summed E-state index contributed by atoms with van der Waals surface area (Å²) < 4.78 is 5.32. The smallest absolute Gasteiger partial charge is 0.339 e. The lowest BCUT2D eigenvalue weighted by atomic mass is 9.87. The van der Waals surface area contributed by atoms with E-state index in [1.54, 1.807) is 25.3 Å². The Kier molecular flexibility index (Phi) is 15.4. The number of aliphatic hydroxyl groups excluding tert-OH is 1. The Bertz CT molecular complexity index is 681. The summed E-state index contributed by atoms with van der Waals surface area (Å²) in [6.45, 7) is 11.6. The van der Waals surface area contributed by atoms with Crippen LogP contribution in [0.3, 0.4) is 0 Å². The van der Waals surface area contributed by atoms with Gasteiger partial charge >= 0.3 is 5.97 Å². The molecule has 35 heavy (non-hydrogen) atoms. The minimum atomic E-state index is -1.01. The first-order chi connectivity index (χ1) is 16.6. The van der Waals surface area contributed by atoms with Gasteiger partial charge in [0.05, 0.1) is 23.8 Å². The summed E-state index contributed by atoms with van der Waals surface area (Å²) >= 11 is 0.